The van der Waals surface area contributed by atoms with Crippen molar-refractivity contribution >= 4 is 11.7 Å². The van der Waals surface area contributed by atoms with Gasteiger partial charge in [0.05, 0.1) is 5.56 Å². The number of carbonyl (C=O) groups excluding carboxylic acids is 1. The first-order chi connectivity index (χ1) is 11.1. The minimum atomic E-state index is -0.110. The van der Waals surface area contributed by atoms with Gasteiger partial charge in [-0.2, -0.15) is 5.10 Å². The third-order valence-electron chi connectivity index (χ3n) is 3.73. The molecule has 0 saturated heterocycles. The van der Waals surface area contributed by atoms with Gasteiger partial charge in [0, 0.05) is 19.5 Å². The zero-order valence-electron chi connectivity index (χ0n) is 13.5. The van der Waals surface area contributed by atoms with E-state index in [9.17, 15) is 4.79 Å². The molecular weight excluding hydrogens is 286 g/mol. The van der Waals surface area contributed by atoms with Gasteiger partial charge in [-0.05, 0) is 12.5 Å². The molecule has 23 heavy (non-hydrogen) atoms. The lowest BCUT2D eigenvalue weighted by Crippen LogP contribution is -2.10. The highest BCUT2D eigenvalue weighted by molar-refractivity contribution is 5.97. The van der Waals surface area contributed by atoms with Crippen LogP contribution in [0.25, 0.3) is 22.4 Å². The average Bonchev–Trinajstić information content (AvgIpc) is 2.85. The van der Waals surface area contributed by atoms with Gasteiger partial charge in [-0.25, -0.2) is 0 Å². The molecule has 1 heterocycles. The van der Waals surface area contributed by atoms with Gasteiger partial charge in [-0.1, -0.05) is 60.2 Å². The van der Waals surface area contributed by atoms with Crippen LogP contribution in [0, 0.1) is 6.92 Å². The Morgan fingerprint density at radius 2 is 1.65 bits per heavy atom. The largest absolute Gasteiger partial charge is 0.311 e. The molecule has 1 aromatic heterocycles. The van der Waals surface area contributed by atoms with E-state index in [4.69, 9.17) is 0 Å². The standard InChI is InChI=1S/C19H19N3O/c1-13-9-11-15(12-10-13)17-18(16-7-5-4-6-8-16)21-22(3)19(17)20-14(2)23/h4-12H,1-3H3,(H,20,23). The number of aryl methyl sites for hydroxylation is 2. The second-order valence-corrected chi connectivity index (χ2v) is 5.61. The number of rotatable bonds is 3. The van der Waals surface area contributed by atoms with Gasteiger partial charge in [0.15, 0.2) is 0 Å². The Morgan fingerprint density at radius 1 is 1.00 bits per heavy atom. The van der Waals surface area contributed by atoms with Crippen LogP contribution in [0.4, 0.5) is 5.82 Å². The fraction of sp³-hybridized carbons (Fsp3) is 0.158. The van der Waals surface area contributed by atoms with Crippen molar-refractivity contribution in [2.75, 3.05) is 5.32 Å². The predicted molar refractivity (Wildman–Crippen MR) is 93.1 cm³/mol. The quantitative estimate of drug-likeness (QED) is 0.794. The molecule has 0 radical (unpaired) electrons. The zero-order chi connectivity index (χ0) is 16.4. The van der Waals surface area contributed by atoms with E-state index in [1.807, 2.05) is 37.4 Å². The van der Waals surface area contributed by atoms with Crippen LogP contribution >= 0.6 is 0 Å². The molecule has 0 unspecified atom stereocenters. The van der Waals surface area contributed by atoms with Crippen molar-refractivity contribution in [3.8, 4) is 22.4 Å². The van der Waals surface area contributed by atoms with Crippen LogP contribution in [-0.4, -0.2) is 15.7 Å². The Hall–Kier alpha value is -2.88. The van der Waals surface area contributed by atoms with Crippen molar-refractivity contribution in [3.63, 3.8) is 0 Å². The second-order valence-electron chi connectivity index (χ2n) is 5.61. The summed E-state index contributed by atoms with van der Waals surface area (Å²) in [5, 5.41) is 7.54. The first-order valence-corrected chi connectivity index (χ1v) is 7.53. The Balaban J connectivity index is 2.24. The molecule has 0 fully saturated rings. The molecule has 0 bridgehead atoms. The number of nitrogens with zero attached hydrogens (tertiary/aromatic N) is 2. The third kappa shape index (κ3) is 3.01. The van der Waals surface area contributed by atoms with Gasteiger partial charge in [-0.3, -0.25) is 9.48 Å². The van der Waals surface area contributed by atoms with E-state index in [0.717, 1.165) is 22.4 Å². The van der Waals surface area contributed by atoms with Crippen molar-refractivity contribution in [1.29, 1.82) is 0 Å². The van der Waals surface area contributed by atoms with Gasteiger partial charge in [-0.15, -0.1) is 0 Å². The van der Waals surface area contributed by atoms with E-state index in [0.29, 0.717) is 5.82 Å². The summed E-state index contributed by atoms with van der Waals surface area (Å²) < 4.78 is 1.72. The van der Waals surface area contributed by atoms with E-state index >= 15 is 0 Å². The third-order valence-corrected chi connectivity index (χ3v) is 3.73. The van der Waals surface area contributed by atoms with E-state index < -0.39 is 0 Å². The highest BCUT2D eigenvalue weighted by Crippen LogP contribution is 2.37. The lowest BCUT2D eigenvalue weighted by Gasteiger charge is -2.08. The Kier molecular flexibility index (Phi) is 3.98. The summed E-state index contributed by atoms with van der Waals surface area (Å²) in [6.07, 6.45) is 0. The zero-order valence-corrected chi connectivity index (χ0v) is 13.5. The summed E-state index contributed by atoms with van der Waals surface area (Å²) in [5.74, 6) is 0.598. The van der Waals surface area contributed by atoms with Gasteiger partial charge in [0.25, 0.3) is 0 Å². The van der Waals surface area contributed by atoms with Gasteiger partial charge < -0.3 is 5.32 Å². The molecule has 0 aliphatic rings. The maximum Gasteiger partial charge on any atom is 0.222 e. The molecule has 3 rings (SSSR count). The summed E-state index contributed by atoms with van der Waals surface area (Å²) >= 11 is 0. The smallest absolute Gasteiger partial charge is 0.222 e. The summed E-state index contributed by atoms with van der Waals surface area (Å²) in [5.41, 5.74) is 5.05. The molecule has 0 spiro atoms. The molecule has 0 atom stereocenters. The molecule has 1 N–H and O–H groups in total. The number of carbonyl (C=O) groups is 1. The van der Waals surface area contributed by atoms with Gasteiger partial charge >= 0.3 is 0 Å². The van der Waals surface area contributed by atoms with Crippen LogP contribution in [0.3, 0.4) is 0 Å². The summed E-state index contributed by atoms with van der Waals surface area (Å²) in [6, 6.07) is 18.3. The van der Waals surface area contributed by atoms with E-state index in [-0.39, 0.29) is 5.91 Å². The Labute approximate surface area is 135 Å². The fourth-order valence-corrected chi connectivity index (χ4v) is 2.63. The van der Waals surface area contributed by atoms with E-state index in [1.165, 1.54) is 12.5 Å². The van der Waals surface area contributed by atoms with E-state index in [2.05, 4.69) is 41.6 Å². The van der Waals surface area contributed by atoms with E-state index in [1.54, 1.807) is 4.68 Å². The molecule has 2 aromatic carbocycles. The SMILES string of the molecule is CC(=O)Nc1c(-c2ccc(C)cc2)c(-c2ccccc2)nn1C. The lowest BCUT2D eigenvalue weighted by atomic mass is 10.00. The average molecular weight is 305 g/mol. The number of nitrogens with one attached hydrogen (secondary N) is 1. The molecule has 1 amide bonds. The van der Waals surface area contributed by atoms with Crippen LogP contribution in [-0.2, 0) is 11.8 Å². The molecule has 0 aliphatic heterocycles. The maximum atomic E-state index is 11.6. The molecule has 0 saturated carbocycles. The topological polar surface area (TPSA) is 46.9 Å². The Bertz CT molecular complexity index is 833. The number of aromatic nitrogens is 2. The minimum Gasteiger partial charge on any atom is -0.311 e. The monoisotopic (exact) mass is 305 g/mol. The summed E-state index contributed by atoms with van der Waals surface area (Å²) in [7, 11) is 1.84. The first-order valence-electron chi connectivity index (χ1n) is 7.53. The lowest BCUT2D eigenvalue weighted by molar-refractivity contribution is -0.114. The van der Waals surface area contributed by atoms with Gasteiger partial charge in [0.1, 0.15) is 11.5 Å². The molecule has 4 heteroatoms. The van der Waals surface area contributed by atoms with Crippen molar-refractivity contribution in [1.82, 2.24) is 9.78 Å². The number of amides is 1. The van der Waals surface area contributed by atoms with Crippen molar-refractivity contribution in [2.45, 2.75) is 13.8 Å². The number of hydrogen-bond donors (Lipinski definition) is 1. The minimum absolute atomic E-state index is 0.110. The molecule has 4 nitrogen and oxygen atoms in total. The first kappa shape index (κ1) is 15.0. The molecular formula is C19H19N3O. The van der Waals surface area contributed by atoms with Crippen LogP contribution in [0.5, 0.6) is 0 Å². The normalized spacial score (nSPS) is 10.6. The second kappa shape index (κ2) is 6.08. The molecule has 3 aromatic rings. The molecule has 0 aliphatic carbocycles. The Morgan fingerprint density at radius 3 is 2.26 bits per heavy atom. The van der Waals surface area contributed by atoms with Crippen LogP contribution in [0.2, 0.25) is 0 Å². The van der Waals surface area contributed by atoms with Crippen molar-refractivity contribution in [3.05, 3.63) is 60.2 Å². The highest BCUT2D eigenvalue weighted by atomic mass is 16.1. The maximum absolute atomic E-state index is 11.6. The van der Waals surface area contributed by atoms with Crippen LogP contribution < -0.4 is 5.32 Å². The number of anilines is 1. The van der Waals surface area contributed by atoms with Crippen LogP contribution in [0.15, 0.2) is 54.6 Å². The molecule has 116 valence electrons. The predicted octanol–water partition coefficient (Wildman–Crippen LogP) is 4.02. The number of hydrogen-bond acceptors (Lipinski definition) is 2. The van der Waals surface area contributed by atoms with Crippen molar-refractivity contribution in [2.24, 2.45) is 7.05 Å². The van der Waals surface area contributed by atoms with Crippen molar-refractivity contribution < 1.29 is 4.79 Å². The summed E-state index contributed by atoms with van der Waals surface area (Å²) in [4.78, 5) is 11.6. The number of benzene rings is 2. The van der Waals surface area contributed by atoms with Gasteiger partial charge in [0.2, 0.25) is 5.91 Å². The summed E-state index contributed by atoms with van der Waals surface area (Å²) in [6.45, 7) is 3.56. The fourth-order valence-electron chi connectivity index (χ4n) is 2.63. The highest BCUT2D eigenvalue weighted by Gasteiger charge is 2.19. The van der Waals surface area contributed by atoms with Crippen LogP contribution in [0.1, 0.15) is 12.5 Å².